The molecule has 1 rings (SSSR count). The second-order valence-corrected chi connectivity index (χ2v) is 12.6. The Balaban J connectivity index is 2.84. The molecule has 0 bridgehead atoms. The lowest BCUT2D eigenvalue weighted by Gasteiger charge is -2.42. The van der Waals surface area contributed by atoms with Gasteiger partial charge in [0.1, 0.15) is 0 Å². The summed E-state index contributed by atoms with van der Waals surface area (Å²) in [6, 6.07) is 0. The summed E-state index contributed by atoms with van der Waals surface area (Å²) in [5.41, 5.74) is 1.51. The molecule has 0 heterocycles. The summed E-state index contributed by atoms with van der Waals surface area (Å²) in [5.74, 6) is 1.16. The van der Waals surface area contributed by atoms with E-state index in [1.807, 2.05) is 0 Å². The van der Waals surface area contributed by atoms with Crippen molar-refractivity contribution in [1.29, 1.82) is 0 Å². The number of hydrogen-bond acceptors (Lipinski definition) is 2. The summed E-state index contributed by atoms with van der Waals surface area (Å²) in [5, 5.41) is 17.8. The lowest BCUT2D eigenvalue weighted by molar-refractivity contribution is -0.138. The van der Waals surface area contributed by atoms with E-state index in [2.05, 4.69) is 26.0 Å². The number of hydrogen-bond donors (Lipinski definition) is 2. The van der Waals surface area contributed by atoms with Crippen molar-refractivity contribution >= 4 is 11.9 Å². The van der Waals surface area contributed by atoms with E-state index in [0.717, 1.165) is 38.5 Å². The normalized spacial score (nSPS) is 20.6. The third kappa shape index (κ3) is 17.3. The van der Waals surface area contributed by atoms with Gasteiger partial charge >= 0.3 is 11.9 Å². The highest BCUT2D eigenvalue weighted by atomic mass is 16.4. The number of carboxylic acid groups (broad SMARTS) is 2. The summed E-state index contributed by atoms with van der Waals surface area (Å²) in [6.45, 7) is 9.31. The van der Waals surface area contributed by atoms with E-state index in [-0.39, 0.29) is 0 Å². The van der Waals surface area contributed by atoms with Crippen LogP contribution in [0.5, 0.6) is 0 Å². The number of aliphatic carboxylic acids is 2. The number of allylic oxidation sites excluding steroid dienone is 3. The maximum atomic E-state index is 10.8. The average Bonchev–Trinajstić information content (AvgIpc) is 2.92. The van der Waals surface area contributed by atoms with Gasteiger partial charge in [-0.15, -0.1) is 0 Å². The zero-order chi connectivity index (χ0) is 29.4. The van der Waals surface area contributed by atoms with Crippen LogP contribution < -0.4 is 0 Å². The van der Waals surface area contributed by atoms with Gasteiger partial charge in [0.25, 0.3) is 0 Å². The Morgan fingerprint density at radius 2 is 0.950 bits per heavy atom. The van der Waals surface area contributed by atoms with Crippen LogP contribution in [0.25, 0.3) is 0 Å². The van der Waals surface area contributed by atoms with Gasteiger partial charge < -0.3 is 10.2 Å². The quantitative estimate of drug-likeness (QED) is 0.0774. The second-order valence-electron chi connectivity index (χ2n) is 12.6. The lowest BCUT2D eigenvalue weighted by atomic mass is 9.63. The third-order valence-corrected chi connectivity index (χ3v) is 9.15. The maximum absolute atomic E-state index is 10.8. The highest BCUT2D eigenvalue weighted by molar-refractivity contribution is 5.66. The first kappa shape index (κ1) is 36.4. The molecule has 1 aliphatic rings. The predicted octanol–water partition coefficient (Wildman–Crippen LogP) is 11.1. The SMILES string of the molecule is C=C(CCCCCC)C1C(CCCCCC)C=CC(CCCCCCCC(=O)O)C1CCCCCCCC(=O)O. The molecule has 40 heavy (non-hydrogen) atoms. The minimum Gasteiger partial charge on any atom is -0.481 e. The lowest BCUT2D eigenvalue weighted by Crippen LogP contribution is -2.33. The highest BCUT2D eigenvalue weighted by Crippen LogP contribution is 2.46. The molecule has 4 heteroatoms. The van der Waals surface area contributed by atoms with Crippen LogP contribution in [0.1, 0.15) is 168 Å². The Bertz CT molecular complexity index is 697. The molecule has 4 unspecified atom stereocenters. The van der Waals surface area contributed by atoms with Crippen LogP contribution in [-0.2, 0) is 9.59 Å². The van der Waals surface area contributed by atoms with E-state index in [9.17, 15) is 9.59 Å². The van der Waals surface area contributed by atoms with Crippen molar-refractivity contribution in [3.63, 3.8) is 0 Å². The molecule has 4 nitrogen and oxygen atoms in total. The van der Waals surface area contributed by atoms with Crippen molar-refractivity contribution in [3.8, 4) is 0 Å². The average molecular weight is 561 g/mol. The molecule has 0 aliphatic heterocycles. The van der Waals surface area contributed by atoms with E-state index >= 15 is 0 Å². The molecule has 0 aromatic carbocycles. The van der Waals surface area contributed by atoms with E-state index in [0.29, 0.717) is 36.5 Å². The smallest absolute Gasteiger partial charge is 0.303 e. The molecule has 0 spiro atoms. The highest BCUT2D eigenvalue weighted by Gasteiger charge is 2.36. The standard InChI is InChI=1S/C36H64O4/c1-4-6-8-16-22-30(3)36-32(24-17-9-7-5-2)29-28-31(23-18-12-10-14-20-26-34(37)38)33(36)25-19-13-11-15-21-27-35(39)40/h28-29,31-33,36H,3-27H2,1-2H3,(H,37,38)(H,39,40). The van der Waals surface area contributed by atoms with E-state index in [4.69, 9.17) is 16.8 Å². The topological polar surface area (TPSA) is 74.6 Å². The van der Waals surface area contributed by atoms with Crippen molar-refractivity contribution in [2.75, 3.05) is 0 Å². The molecular weight excluding hydrogens is 496 g/mol. The van der Waals surface area contributed by atoms with E-state index in [1.54, 1.807) is 0 Å². The first-order chi connectivity index (χ1) is 19.4. The molecule has 0 fully saturated rings. The van der Waals surface area contributed by atoms with Crippen LogP contribution in [0.2, 0.25) is 0 Å². The first-order valence-electron chi connectivity index (χ1n) is 17.2. The predicted molar refractivity (Wildman–Crippen MR) is 170 cm³/mol. The number of unbranched alkanes of at least 4 members (excludes halogenated alkanes) is 14. The Morgan fingerprint density at radius 1 is 0.550 bits per heavy atom. The van der Waals surface area contributed by atoms with Crippen molar-refractivity contribution in [3.05, 3.63) is 24.3 Å². The van der Waals surface area contributed by atoms with E-state index < -0.39 is 11.9 Å². The monoisotopic (exact) mass is 560 g/mol. The molecular formula is C36H64O4. The summed E-state index contributed by atoms with van der Waals surface area (Å²) in [4.78, 5) is 21.6. The zero-order valence-electron chi connectivity index (χ0n) is 26.4. The molecule has 2 N–H and O–H groups in total. The third-order valence-electron chi connectivity index (χ3n) is 9.15. The van der Waals surface area contributed by atoms with Crippen molar-refractivity contribution in [2.45, 2.75) is 168 Å². The molecule has 1 aliphatic carbocycles. The van der Waals surface area contributed by atoms with Gasteiger partial charge in [-0.1, -0.05) is 134 Å². The molecule has 4 atom stereocenters. The molecule has 0 saturated heterocycles. The number of carboxylic acids is 2. The molecule has 0 amide bonds. The minimum atomic E-state index is -0.678. The van der Waals surface area contributed by atoms with Crippen molar-refractivity contribution in [2.24, 2.45) is 23.7 Å². The van der Waals surface area contributed by atoms with Gasteiger partial charge in [-0.3, -0.25) is 9.59 Å². The van der Waals surface area contributed by atoms with Crippen LogP contribution in [0.15, 0.2) is 24.3 Å². The van der Waals surface area contributed by atoms with Gasteiger partial charge in [-0.25, -0.2) is 0 Å². The van der Waals surface area contributed by atoms with Gasteiger partial charge in [0, 0.05) is 12.8 Å². The van der Waals surface area contributed by atoms with Crippen LogP contribution in [-0.4, -0.2) is 22.2 Å². The van der Waals surface area contributed by atoms with Crippen LogP contribution in [0.3, 0.4) is 0 Å². The Morgan fingerprint density at radius 3 is 1.50 bits per heavy atom. The fraction of sp³-hybridized carbons (Fsp3) is 0.833. The van der Waals surface area contributed by atoms with Crippen molar-refractivity contribution in [1.82, 2.24) is 0 Å². The van der Waals surface area contributed by atoms with Crippen LogP contribution >= 0.6 is 0 Å². The van der Waals surface area contributed by atoms with Crippen LogP contribution in [0, 0.1) is 23.7 Å². The molecule has 0 radical (unpaired) electrons. The summed E-state index contributed by atoms with van der Waals surface area (Å²) < 4.78 is 0. The molecule has 0 aromatic rings. The maximum Gasteiger partial charge on any atom is 0.303 e. The summed E-state index contributed by atoms with van der Waals surface area (Å²) in [6.07, 6.45) is 31.9. The Hall–Kier alpha value is -1.58. The van der Waals surface area contributed by atoms with Gasteiger partial charge in [-0.05, 0) is 68.6 Å². The molecule has 232 valence electrons. The summed E-state index contributed by atoms with van der Waals surface area (Å²) >= 11 is 0. The Kier molecular flexibility index (Phi) is 21.9. The summed E-state index contributed by atoms with van der Waals surface area (Å²) in [7, 11) is 0. The van der Waals surface area contributed by atoms with Crippen LogP contribution in [0.4, 0.5) is 0 Å². The van der Waals surface area contributed by atoms with Gasteiger partial charge in [-0.2, -0.15) is 0 Å². The number of carbonyl (C=O) groups is 2. The zero-order valence-corrected chi connectivity index (χ0v) is 26.4. The molecule has 0 saturated carbocycles. The largest absolute Gasteiger partial charge is 0.481 e. The van der Waals surface area contributed by atoms with E-state index in [1.165, 1.54) is 108 Å². The fourth-order valence-corrected chi connectivity index (χ4v) is 6.84. The number of rotatable bonds is 27. The second kappa shape index (κ2) is 24.1. The fourth-order valence-electron chi connectivity index (χ4n) is 6.84. The van der Waals surface area contributed by atoms with Gasteiger partial charge in [0.15, 0.2) is 0 Å². The van der Waals surface area contributed by atoms with Gasteiger partial charge in [0.2, 0.25) is 0 Å². The molecule has 0 aromatic heterocycles. The van der Waals surface area contributed by atoms with Gasteiger partial charge in [0.05, 0.1) is 0 Å². The minimum absolute atomic E-state index is 0.297. The Labute approximate surface area is 247 Å². The first-order valence-corrected chi connectivity index (χ1v) is 17.2. The van der Waals surface area contributed by atoms with Crippen molar-refractivity contribution < 1.29 is 19.8 Å².